The summed E-state index contributed by atoms with van der Waals surface area (Å²) in [6.45, 7) is 4.13. The number of ketones is 1. The molecule has 0 aromatic rings. The van der Waals surface area contributed by atoms with Crippen LogP contribution in [0.25, 0.3) is 0 Å². The van der Waals surface area contributed by atoms with Crippen LogP contribution in [0.1, 0.15) is 46.0 Å². The molecule has 0 heterocycles. The first kappa shape index (κ1) is 18.7. The molecule has 0 bridgehead atoms. The number of hydrogen-bond acceptors (Lipinski definition) is 4. The van der Waals surface area contributed by atoms with Crippen LogP contribution in [0.5, 0.6) is 0 Å². The molecule has 0 fully saturated rings. The standard InChI is InChI=1S/C14H22O4.Na/c1-3-5-6-7-10-8-11(15)9-12(16)13(10)14(17)18-4-2;/h9-10,13,16H,3-8H2,1-2H3;. The van der Waals surface area contributed by atoms with E-state index in [1.807, 2.05) is 0 Å². The molecule has 5 heteroatoms. The number of rotatable bonds is 6. The number of esters is 1. The third kappa shape index (κ3) is 5.67. The van der Waals surface area contributed by atoms with E-state index in [1.165, 1.54) is 0 Å². The number of unbranched alkanes of at least 4 members (excludes halogenated alkanes) is 2. The van der Waals surface area contributed by atoms with Gasteiger partial charge in [0.15, 0.2) is 5.78 Å². The monoisotopic (exact) mass is 277 g/mol. The Labute approximate surface area is 136 Å². The molecule has 19 heavy (non-hydrogen) atoms. The number of allylic oxidation sites excluding steroid dienone is 1. The van der Waals surface area contributed by atoms with E-state index in [4.69, 9.17) is 4.74 Å². The van der Waals surface area contributed by atoms with Gasteiger partial charge in [0.2, 0.25) is 0 Å². The molecule has 2 unspecified atom stereocenters. The van der Waals surface area contributed by atoms with Crippen LogP contribution in [-0.2, 0) is 14.3 Å². The average molecular weight is 277 g/mol. The summed E-state index contributed by atoms with van der Waals surface area (Å²) in [4.78, 5) is 23.3. The fourth-order valence-corrected chi connectivity index (χ4v) is 2.40. The van der Waals surface area contributed by atoms with E-state index in [-0.39, 0.29) is 53.6 Å². The fraction of sp³-hybridized carbons (Fsp3) is 0.714. The number of aliphatic hydroxyl groups excluding tert-OH is 1. The van der Waals surface area contributed by atoms with Crippen LogP contribution in [-0.4, -0.2) is 53.0 Å². The topological polar surface area (TPSA) is 63.6 Å². The zero-order chi connectivity index (χ0) is 13.5. The first-order chi connectivity index (χ1) is 8.60. The first-order valence-corrected chi connectivity index (χ1v) is 6.70. The molecule has 103 valence electrons. The minimum atomic E-state index is -0.653. The number of ether oxygens (including phenoxy) is 1. The van der Waals surface area contributed by atoms with Gasteiger partial charge in [-0.25, -0.2) is 0 Å². The van der Waals surface area contributed by atoms with Crippen molar-refractivity contribution in [3.63, 3.8) is 0 Å². The van der Waals surface area contributed by atoms with E-state index >= 15 is 0 Å². The van der Waals surface area contributed by atoms with E-state index in [2.05, 4.69) is 6.92 Å². The average Bonchev–Trinajstić information content (AvgIpc) is 2.28. The Morgan fingerprint density at radius 1 is 1.42 bits per heavy atom. The summed E-state index contributed by atoms with van der Waals surface area (Å²) in [7, 11) is 0. The largest absolute Gasteiger partial charge is 0.511 e. The van der Waals surface area contributed by atoms with Crippen molar-refractivity contribution in [2.45, 2.75) is 46.0 Å². The van der Waals surface area contributed by atoms with Gasteiger partial charge in [-0.15, -0.1) is 0 Å². The van der Waals surface area contributed by atoms with E-state index in [1.54, 1.807) is 6.92 Å². The molecule has 0 saturated carbocycles. The molecular formula is C14H22NaO4. The van der Waals surface area contributed by atoms with E-state index < -0.39 is 11.9 Å². The summed E-state index contributed by atoms with van der Waals surface area (Å²) >= 11 is 0. The summed E-state index contributed by atoms with van der Waals surface area (Å²) < 4.78 is 4.97. The van der Waals surface area contributed by atoms with Gasteiger partial charge in [0.1, 0.15) is 11.7 Å². The third-order valence-corrected chi connectivity index (χ3v) is 3.28. The SMILES string of the molecule is CCCCCC1CC(=O)C=C(O)C1C(=O)OCC.[Na]. The van der Waals surface area contributed by atoms with Crippen molar-refractivity contribution in [1.29, 1.82) is 0 Å². The maximum atomic E-state index is 11.8. The molecule has 4 nitrogen and oxygen atoms in total. The Morgan fingerprint density at radius 2 is 2.11 bits per heavy atom. The van der Waals surface area contributed by atoms with E-state index in [0.717, 1.165) is 31.8 Å². The Kier molecular flexibility index (Phi) is 9.40. The van der Waals surface area contributed by atoms with Gasteiger partial charge in [-0.2, -0.15) is 0 Å². The van der Waals surface area contributed by atoms with Crippen LogP contribution < -0.4 is 0 Å². The van der Waals surface area contributed by atoms with Gasteiger partial charge in [-0.3, -0.25) is 9.59 Å². The summed E-state index contributed by atoms with van der Waals surface area (Å²) in [6.07, 6.45) is 5.41. The second-order valence-electron chi connectivity index (χ2n) is 4.73. The number of aliphatic hydroxyl groups is 1. The van der Waals surface area contributed by atoms with Crippen molar-refractivity contribution < 1.29 is 19.4 Å². The van der Waals surface area contributed by atoms with Crippen LogP contribution in [0.15, 0.2) is 11.8 Å². The van der Waals surface area contributed by atoms with Crippen molar-refractivity contribution in [2.24, 2.45) is 11.8 Å². The van der Waals surface area contributed by atoms with Crippen molar-refractivity contribution in [1.82, 2.24) is 0 Å². The molecule has 0 aliphatic heterocycles. The van der Waals surface area contributed by atoms with Gasteiger partial charge < -0.3 is 9.84 Å². The first-order valence-electron chi connectivity index (χ1n) is 6.70. The van der Waals surface area contributed by atoms with Crippen LogP contribution in [0, 0.1) is 11.8 Å². The molecule has 0 aromatic carbocycles. The molecule has 1 aliphatic rings. The van der Waals surface area contributed by atoms with E-state index in [9.17, 15) is 14.7 Å². The van der Waals surface area contributed by atoms with Crippen LogP contribution in [0.2, 0.25) is 0 Å². The molecule has 0 amide bonds. The normalized spacial score (nSPS) is 22.4. The van der Waals surface area contributed by atoms with Crippen molar-refractivity contribution in [3.8, 4) is 0 Å². The molecule has 0 saturated heterocycles. The Bertz CT molecular complexity index is 338. The maximum absolute atomic E-state index is 11.8. The van der Waals surface area contributed by atoms with Gasteiger partial charge in [-0.1, -0.05) is 26.2 Å². The van der Waals surface area contributed by atoms with Crippen LogP contribution in [0.4, 0.5) is 0 Å². The maximum Gasteiger partial charge on any atom is 0.316 e. The molecule has 1 N–H and O–H groups in total. The fourth-order valence-electron chi connectivity index (χ4n) is 2.40. The number of hydrogen-bond donors (Lipinski definition) is 1. The molecule has 2 atom stereocenters. The number of carbonyl (C=O) groups excluding carboxylic acids is 2. The van der Waals surface area contributed by atoms with Crippen molar-refractivity contribution in [2.75, 3.05) is 6.61 Å². The second kappa shape index (κ2) is 9.56. The second-order valence-corrected chi connectivity index (χ2v) is 4.73. The molecule has 1 radical (unpaired) electrons. The Morgan fingerprint density at radius 3 is 2.68 bits per heavy atom. The van der Waals surface area contributed by atoms with Gasteiger partial charge in [0, 0.05) is 42.1 Å². The summed E-state index contributed by atoms with van der Waals surface area (Å²) in [5, 5.41) is 9.80. The zero-order valence-electron chi connectivity index (χ0n) is 12.1. The summed E-state index contributed by atoms with van der Waals surface area (Å²) in [5.41, 5.74) is 0. The molecule has 1 aliphatic carbocycles. The van der Waals surface area contributed by atoms with E-state index in [0.29, 0.717) is 6.42 Å². The van der Waals surface area contributed by atoms with Gasteiger partial charge in [0.05, 0.1) is 6.61 Å². The number of carbonyl (C=O) groups is 2. The summed E-state index contributed by atoms with van der Waals surface area (Å²) in [5.74, 6) is -1.42. The Balaban J connectivity index is 0.00000324. The summed E-state index contributed by atoms with van der Waals surface area (Å²) in [6, 6.07) is 0. The Hall–Kier alpha value is -0.320. The molecule has 1 rings (SSSR count). The van der Waals surface area contributed by atoms with Crippen LogP contribution in [0.3, 0.4) is 0 Å². The molecule has 0 aromatic heterocycles. The van der Waals surface area contributed by atoms with Crippen molar-refractivity contribution in [3.05, 3.63) is 11.8 Å². The minimum absolute atomic E-state index is 0. The van der Waals surface area contributed by atoms with Gasteiger partial charge in [-0.05, 0) is 19.3 Å². The van der Waals surface area contributed by atoms with Gasteiger partial charge in [0.25, 0.3) is 0 Å². The van der Waals surface area contributed by atoms with Gasteiger partial charge >= 0.3 is 5.97 Å². The van der Waals surface area contributed by atoms with Crippen LogP contribution >= 0.6 is 0 Å². The molecular weight excluding hydrogens is 255 g/mol. The predicted molar refractivity (Wildman–Crippen MR) is 73.8 cm³/mol. The minimum Gasteiger partial charge on any atom is -0.511 e. The molecule has 0 spiro atoms. The third-order valence-electron chi connectivity index (χ3n) is 3.28. The van der Waals surface area contributed by atoms with Crippen molar-refractivity contribution >= 4 is 41.3 Å². The quantitative estimate of drug-likeness (QED) is 0.460. The zero-order valence-corrected chi connectivity index (χ0v) is 14.1. The smallest absolute Gasteiger partial charge is 0.316 e. The predicted octanol–water partition coefficient (Wildman–Crippen LogP) is 2.40.